The molecule has 1 N–H and O–H groups in total. The van der Waals surface area contributed by atoms with E-state index in [1.165, 1.54) is 7.11 Å². The average Bonchev–Trinajstić information content (AvgIpc) is 2.60. The topological polar surface area (TPSA) is 58.6 Å². The third-order valence-electron chi connectivity index (χ3n) is 3.64. The maximum absolute atomic E-state index is 12.4. The standard InChI is InChI=1S/C19H22N2O3/c1-3-21(14-15-9-5-4-6-10-15)19(23)13-18(22)20-16-11-7-8-12-17(16)24-2/h4-12H,3,13-14H2,1-2H3,(H,20,22). The van der Waals surface area contributed by atoms with Gasteiger partial charge in [0, 0.05) is 13.1 Å². The molecule has 0 bridgehead atoms. The SMILES string of the molecule is CCN(Cc1ccccc1)C(=O)CC(=O)Nc1ccccc1OC. The van der Waals surface area contributed by atoms with Crippen molar-refractivity contribution < 1.29 is 14.3 Å². The molecule has 0 atom stereocenters. The van der Waals surface area contributed by atoms with Gasteiger partial charge in [-0.25, -0.2) is 0 Å². The second kappa shape index (κ2) is 8.72. The van der Waals surface area contributed by atoms with Crippen LogP contribution in [0.5, 0.6) is 5.75 Å². The molecule has 0 aliphatic heterocycles. The van der Waals surface area contributed by atoms with Crippen molar-refractivity contribution in [2.75, 3.05) is 19.0 Å². The van der Waals surface area contributed by atoms with Crippen molar-refractivity contribution in [3.8, 4) is 5.75 Å². The van der Waals surface area contributed by atoms with Gasteiger partial charge in [-0.2, -0.15) is 0 Å². The predicted octanol–water partition coefficient (Wildman–Crippen LogP) is 3.07. The molecule has 126 valence electrons. The molecule has 0 unspecified atom stereocenters. The van der Waals surface area contributed by atoms with Crippen molar-refractivity contribution >= 4 is 17.5 Å². The molecule has 0 aromatic heterocycles. The molecule has 0 saturated carbocycles. The number of nitrogens with one attached hydrogen (secondary N) is 1. The van der Waals surface area contributed by atoms with Gasteiger partial charge in [-0.1, -0.05) is 42.5 Å². The fourth-order valence-electron chi connectivity index (χ4n) is 2.37. The number of amides is 2. The summed E-state index contributed by atoms with van der Waals surface area (Å²) in [5, 5.41) is 2.72. The number of carbonyl (C=O) groups excluding carboxylic acids is 2. The van der Waals surface area contributed by atoms with E-state index in [0.29, 0.717) is 24.5 Å². The molecular formula is C19H22N2O3. The smallest absolute Gasteiger partial charge is 0.233 e. The molecule has 2 rings (SSSR count). The molecule has 5 nitrogen and oxygen atoms in total. The normalized spacial score (nSPS) is 10.1. The van der Waals surface area contributed by atoms with Gasteiger partial charge in [0.25, 0.3) is 0 Å². The number of benzene rings is 2. The molecule has 0 aliphatic rings. The van der Waals surface area contributed by atoms with Crippen LogP contribution in [0.15, 0.2) is 54.6 Å². The summed E-state index contributed by atoms with van der Waals surface area (Å²) in [7, 11) is 1.54. The van der Waals surface area contributed by atoms with Crippen LogP contribution in [0.4, 0.5) is 5.69 Å². The first-order valence-corrected chi connectivity index (χ1v) is 7.88. The molecule has 2 aromatic carbocycles. The van der Waals surface area contributed by atoms with Crippen LogP contribution in [0.2, 0.25) is 0 Å². The third-order valence-corrected chi connectivity index (χ3v) is 3.64. The summed E-state index contributed by atoms with van der Waals surface area (Å²) >= 11 is 0. The Bertz CT molecular complexity index is 686. The Morgan fingerprint density at radius 2 is 1.71 bits per heavy atom. The first kappa shape index (κ1) is 17.5. The lowest BCUT2D eigenvalue weighted by molar-refractivity contribution is -0.134. The molecule has 2 amide bonds. The lowest BCUT2D eigenvalue weighted by Crippen LogP contribution is -2.33. The van der Waals surface area contributed by atoms with Crippen LogP contribution >= 0.6 is 0 Å². The van der Waals surface area contributed by atoms with Crippen LogP contribution in [0.25, 0.3) is 0 Å². The lowest BCUT2D eigenvalue weighted by Gasteiger charge is -2.21. The number of anilines is 1. The van der Waals surface area contributed by atoms with E-state index in [0.717, 1.165) is 5.56 Å². The number of carbonyl (C=O) groups is 2. The molecule has 2 aromatic rings. The molecular weight excluding hydrogens is 304 g/mol. The highest BCUT2D eigenvalue weighted by Crippen LogP contribution is 2.23. The second-order valence-corrected chi connectivity index (χ2v) is 5.32. The van der Waals surface area contributed by atoms with Gasteiger partial charge >= 0.3 is 0 Å². The summed E-state index contributed by atoms with van der Waals surface area (Å²) in [5.74, 6) is 0.0136. The predicted molar refractivity (Wildman–Crippen MR) is 93.8 cm³/mol. The van der Waals surface area contributed by atoms with Crippen molar-refractivity contribution in [3.63, 3.8) is 0 Å². The van der Waals surface area contributed by atoms with Gasteiger partial charge in [0.05, 0.1) is 12.8 Å². The minimum Gasteiger partial charge on any atom is -0.495 e. The van der Waals surface area contributed by atoms with E-state index >= 15 is 0 Å². The number of para-hydroxylation sites is 2. The average molecular weight is 326 g/mol. The highest BCUT2D eigenvalue weighted by Gasteiger charge is 2.17. The number of hydrogen-bond donors (Lipinski definition) is 1. The second-order valence-electron chi connectivity index (χ2n) is 5.32. The van der Waals surface area contributed by atoms with Crippen LogP contribution in [-0.4, -0.2) is 30.4 Å². The van der Waals surface area contributed by atoms with E-state index in [1.54, 1.807) is 23.1 Å². The molecule has 0 fully saturated rings. The number of hydrogen-bond acceptors (Lipinski definition) is 3. The van der Waals surface area contributed by atoms with Crippen molar-refractivity contribution in [1.29, 1.82) is 0 Å². The van der Waals surface area contributed by atoms with Crippen LogP contribution < -0.4 is 10.1 Å². The monoisotopic (exact) mass is 326 g/mol. The van der Waals surface area contributed by atoms with Crippen molar-refractivity contribution in [3.05, 3.63) is 60.2 Å². The van der Waals surface area contributed by atoms with Gasteiger partial charge in [-0.15, -0.1) is 0 Å². The van der Waals surface area contributed by atoms with E-state index < -0.39 is 0 Å². The zero-order valence-corrected chi connectivity index (χ0v) is 14.0. The fourth-order valence-corrected chi connectivity index (χ4v) is 2.37. The quantitative estimate of drug-likeness (QED) is 0.796. The maximum Gasteiger partial charge on any atom is 0.233 e. The largest absolute Gasteiger partial charge is 0.495 e. The Hall–Kier alpha value is -2.82. The zero-order chi connectivity index (χ0) is 17.4. The fraction of sp³-hybridized carbons (Fsp3) is 0.263. The molecule has 0 saturated heterocycles. The van der Waals surface area contributed by atoms with E-state index in [1.807, 2.05) is 43.3 Å². The summed E-state index contributed by atoms with van der Waals surface area (Å²) in [6, 6.07) is 16.8. The first-order valence-electron chi connectivity index (χ1n) is 7.88. The summed E-state index contributed by atoms with van der Waals surface area (Å²) in [4.78, 5) is 26.2. The lowest BCUT2D eigenvalue weighted by atomic mass is 10.2. The van der Waals surface area contributed by atoms with Gasteiger partial charge in [0.15, 0.2) is 0 Å². The summed E-state index contributed by atoms with van der Waals surface area (Å²) in [5.41, 5.74) is 1.60. The van der Waals surface area contributed by atoms with Crippen LogP contribution in [0.1, 0.15) is 18.9 Å². The van der Waals surface area contributed by atoms with E-state index in [-0.39, 0.29) is 18.2 Å². The minimum atomic E-state index is -0.351. The van der Waals surface area contributed by atoms with E-state index in [9.17, 15) is 9.59 Å². The van der Waals surface area contributed by atoms with Crippen LogP contribution in [-0.2, 0) is 16.1 Å². The first-order chi connectivity index (χ1) is 11.6. The van der Waals surface area contributed by atoms with Gasteiger partial charge in [0.2, 0.25) is 11.8 Å². The molecule has 0 aliphatic carbocycles. The number of ether oxygens (including phenoxy) is 1. The van der Waals surface area contributed by atoms with Crippen LogP contribution in [0.3, 0.4) is 0 Å². The Morgan fingerprint density at radius 1 is 1.04 bits per heavy atom. The molecule has 0 spiro atoms. The summed E-state index contributed by atoms with van der Waals surface area (Å²) in [6.07, 6.45) is -0.196. The van der Waals surface area contributed by atoms with Crippen LogP contribution in [0, 0.1) is 0 Å². The maximum atomic E-state index is 12.4. The van der Waals surface area contributed by atoms with Crippen molar-refractivity contribution in [1.82, 2.24) is 4.90 Å². The van der Waals surface area contributed by atoms with E-state index in [4.69, 9.17) is 4.74 Å². The zero-order valence-electron chi connectivity index (χ0n) is 14.0. The number of nitrogens with zero attached hydrogens (tertiary/aromatic N) is 1. The van der Waals surface area contributed by atoms with E-state index in [2.05, 4.69) is 5.32 Å². The number of rotatable bonds is 7. The van der Waals surface area contributed by atoms with Gasteiger partial charge in [0.1, 0.15) is 12.2 Å². The highest BCUT2D eigenvalue weighted by molar-refractivity contribution is 6.04. The van der Waals surface area contributed by atoms with Gasteiger partial charge in [-0.05, 0) is 24.6 Å². The molecule has 5 heteroatoms. The Labute approximate surface area is 142 Å². The minimum absolute atomic E-state index is 0.196. The molecule has 0 heterocycles. The Balaban J connectivity index is 1.95. The summed E-state index contributed by atoms with van der Waals surface area (Å²) in [6.45, 7) is 2.95. The highest BCUT2D eigenvalue weighted by atomic mass is 16.5. The van der Waals surface area contributed by atoms with Crippen molar-refractivity contribution in [2.45, 2.75) is 19.9 Å². The molecule has 24 heavy (non-hydrogen) atoms. The Kier molecular flexibility index (Phi) is 6.37. The van der Waals surface area contributed by atoms with Crippen molar-refractivity contribution in [2.24, 2.45) is 0 Å². The Morgan fingerprint density at radius 3 is 2.38 bits per heavy atom. The molecule has 0 radical (unpaired) electrons. The third kappa shape index (κ3) is 4.84. The summed E-state index contributed by atoms with van der Waals surface area (Å²) < 4.78 is 5.19. The van der Waals surface area contributed by atoms with Gasteiger partial charge in [-0.3, -0.25) is 9.59 Å². The van der Waals surface area contributed by atoms with Gasteiger partial charge < -0.3 is 15.0 Å². The number of methoxy groups -OCH3 is 1.